The van der Waals surface area contributed by atoms with E-state index in [9.17, 15) is 0 Å². The van der Waals surface area contributed by atoms with Crippen LogP contribution in [-0.2, 0) is 6.54 Å². The fourth-order valence-electron chi connectivity index (χ4n) is 3.11. The number of rotatable bonds is 5. The maximum Gasteiger partial charge on any atom is 0.184 e. The molecule has 1 aromatic heterocycles. The van der Waals surface area contributed by atoms with Crippen molar-refractivity contribution in [3.05, 3.63) is 23.2 Å². The van der Waals surface area contributed by atoms with Crippen LogP contribution in [0.5, 0.6) is 0 Å². The standard InChI is InChI=1S/C15H20ClN5/c16-13-9-3-8-12(14(13)17)15-18-19-20-21(15)10-4-7-11-5-1-2-6-11/h3,8-9,11H,1-2,4-7,10,17H2. The molecule has 1 aliphatic rings. The highest BCUT2D eigenvalue weighted by Gasteiger charge is 2.16. The van der Waals surface area contributed by atoms with E-state index in [1.165, 1.54) is 32.1 Å². The Balaban J connectivity index is 1.70. The van der Waals surface area contributed by atoms with E-state index in [4.69, 9.17) is 17.3 Å². The fourth-order valence-corrected chi connectivity index (χ4v) is 3.28. The minimum atomic E-state index is 0.533. The molecule has 3 rings (SSSR count). The Morgan fingerprint density at radius 2 is 2.10 bits per heavy atom. The average molecular weight is 306 g/mol. The number of hydrogen-bond donors (Lipinski definition) is 1. The SMILES string of the molecule is Nc1c(Cl)cccc1-c1nnnn1CCCC1CCCC1. The van der Waals surface area contributed by atoms with Crippen LogP contribution >= 0.6 is 11.6 Å². The van der Waals surface area contributed by atoms with Crippen molar-refractivity contribution < 1.29 is 0 Å². The van der Waals surface area contributed by atoms with Gasteiger partial charge >= 0.3 is 0 Å². The van der Waals surface area contributed by atoms with Crippen molar-refractivity contribution in [3.63, 3.8) is 0 Å². The zero-order valence-corrected chi connectivity index (χ0v) is 12.8. The van der Waals surface area contributed by atoms with E-state index in [1.54, 1.807) is 6.07 Å². The second kappa shape index (κ2) is 6.43. The molecule has 1 saturated carbocycles. The zero-order chi connectivity index (χ0) is 14.7. The largest absolute Gasteiger partial charge is 0.397 e. The van der Waals surface area contributed by atoms with Crippen molar-refractivity contribution in [2.45, 2.75) is 45.1 Å². The van der Waals surface area contributed by atoms with Crippen molar-refractivity contribution in [3.8, 4) is 11.4 Å². The summed E-state index contributed by atoms with van der Waals surface area (Å²) in [6.07, 6.45) is 7.89. The Morgan fingerprint density at radius 1 is 1.29 bits per heavy atom. The van der Waals surface area contributed by atoms with Gasteiger partial charge in [-0.3, -0.25) is 0 Å². The lowest BCUT2D eigenvalue weighted by molar-refractivity contribution is 0.444. The topological polar surface area (TPSA) is 69.6 Å². The molecular formula is C15H20ClN5. The summed E-state index contributed by atoms with van der Waals surface area (Å²) >= 11 is 6.07. The number of nitrogens with two attached hydrogens (primary N) is 1. The van der Waals surface area contributed by atoms with Crippen molar-refractivity contribution in [1.82, 2.24) is 20.2 Å². The van der Waals surface area contributed by atoms with Gasteiger partial charge < -0.3 is 5.73 Å². The van der Waals surface area contributed by atoms with Crippen LogP contribution in [0.2, 0.25) is 5.02 Å². The highest BCUT2D eigenvalue weighted by molar-refractivity contribution is 6.33. The van der Waals surface area contributed by atoms with Crippen LogP contribution in [0.15, 0.2) is 18.2 Å². The summed E-state index contributed by atoms with van der Waals surface area (Å²) in [5, 5.41) is 12.5. The molecule has 0 unspecified atom stereocenters. The predicted octanol–water partition coefficient (Wildman–Crippen LogP) is 3.55. The fraction of sp³-hybridized carbons (Fsp3) is 0.533. The number of nitrogens with zero attached hydrogens (tertiary/aromatic N) is 4. The molecule has 0 aliphatic heterocycles. The van der Waals surface area contributed by atoms with Crippen LogP contribution in [-0.4, -0.2) is 20.2 Å². The molecule has 0 bridgehead atoms. The minimum Gasteiger partial charge on any atom is -0.397 e. The Morgan fingerprint density at radius 3 is 2.90 bits per heavy atom. The van der Waals surface area contributed by atoms with Crippen LogP contribution in [0.1, 0.15) is 38.5 Å². The first-order chi connectivity index (χ1) is 10.3. The van der Waals surface area contributed by atoms with Crippen molar-refractivity contribution in [2.75, 3.05) is 5.73 Å². The summed E-state index contributed by atoms with van der Waals surface area (Å²) in [4.78, 5) is 0. The minimum absolute atomic E-state index is 0.533. The summed E-state index contributed by atoms with van der Waals surface area (Å²) in [7, 11) is 0. The van der Waals surface area contributed by atoms with Crippen LogP contribution in [0.3, 0.4) is 0 Å². The molecular weight excluding hydrogens is 286 g/mol. The van der Waals surface area contributed by atoms with Crippen LogP contribution in [0.4, 0.5) is 5.69 Å². The second-order valence-corrected chi connectivity index (χ2v) is 6.13. The molecule has 1 fully saturated rings. The van der Waals surface area contributed by atoms with Gasteiger partial charge in [0.15, 0.2) is 5.82 Å². The smallest absolute Gasteiger partial charge is 0.184 e. The molecule has 1 aromatic carbocycles. The second-order valence-electron chi connectivity index (χ2n) is 5.72. The number of halogens is 1. The van der Waals surface area contributed by atoms with Crippen molar-refractivity contribution in [2.24, 2.45) is 5.92 Å². The number of aromatic nitrogens is 4. The van der Waals surface area contributed by atoms with Gasteiger partial charge in [0, 0.05) is 12.1 Å². The maximum absolute atomic E-state index is 6.07. The molecule has 21 heavy (non-hydrogen) atoms. The third-order valence-corrected chi connectivity index (χ3v) is 4.61. The molecule has 0 amide bonds. The van der Waals surface area contributed by atoms with Gasteiger partial charge in [-0.15, -0.1) is 5.10 Å². The molecule has 0 atom stereocenters. The summed E-state index contributed by atoms with van der Waals surface area (Å²) in [6, 6.07) is 5.54. The Bertz CT molecular complexity index is 604. The van der Waals surface area contributed by atoms with E-state index in [1.807, 2.05) is 16.8 Å². The van der Waals surface area contributed by atoms with Gasteiger partial charge in [0.1, 0.15) is 0 Å². The highest BCUT2D eigenvalue weighted by Crippen LogP contribution is 2.31. The number of tetrazole rings is 1. The number of aryl methyl sites for hydroxylation is 1. The Labute approximate surface area is 129 Å². The Hall–Kier alpha value is -1.62. The molecule has 5 nitrogen and oxygen atoms in total. The van der Waals surface area contributed by atoms with E-state index in [0.717, 1.165) is 24.4 Å². The molecule has 2 aromatic rings. The van der Waals surface area contributed by atoms with E-state index in [2.05, 4.69) is 15.5 Å². The quantitative estimate of drug-likeness (QED) is 0.858. The number of anilines is 1. The van der Waals surface area contributed by atoms with Crippen LogP contribution in [0.25, 0.3) is 11.4 Å². The van der Waals surface area contributed by atoms with E-state index < -0.39 is 0 Å². The maximum atomic E-state index is 6.07. The number of hydrogen-bond acceptors (Lipinski definition) is 4. The van der Waals surface area contributed by atoms with E-state index >= 15 is 0 Å². The first-order valence-electron chi connectivity index (χ1n) is 7.56. The van der Waals surface area contributed by atoms with Gasteiger partial charge in [-0.05, 0) is 41.3 Å². The number of benzene rings is 1. The Kier molecular flexibility index (Phi) is 4.39. The van der Waals surface area contributed by atoms with Gasteiger partial charge in [-0.25, -0.2) is 4.68 Å². The van der Waals surface area contributed by atoms with Gasteiger partial charge in [-0.1, -0.05) is 43.4 Å². The van der Waals surface area contributed by atoms with Crippen LogP contribution < -0.4 is 5.73 Å². The molecule has 0 saturated heterocycles. The lowest BCUT2D eigenvalue weighted by Gasteiger charge is -2.10. The molecule has 1 heterocycles. The van der Waals surface area contributed by atoms with Gasteiger partial charge in [0.05, 0.1) is 10.7 Å². The third kappa shape index (κ3) is 3.18. The van der Waals surface area contributed by atoms with E-state index in [0.29, 0.717) is 16.5 Å². The molecule has 1 aliphatic carbocycles. The van der Waals surface area contributed by atoms with Crippen molar-refractivity contribution in [1.29, 1.82) is 0 Å². The van der Waals surface area contributed by atoms with Crippen molar-refractivity contribution >= 4 is 17.3 Å². The monoisotopic (exact) mass is 305 g/mol. The molecule has 2 N–H and O–H groups in total. The predicted molar refractivity (Wildman–Crippen MR) is 83.9 cm³/mol. The first-order valence-corrected chi connectivity index (χ1v) is 7.94. The normalized spacial score (nSPS) is 15.7. The summed E-state index contributed by atoms with van der Waals surface area (Å²) in [6.45, 7) is 0.824. The average Bonchev–Trinajstić information content (AvgIpc) is 3.14. The third-order valence-electron chi connectivity index (χ3n) is 4.28. The number of para-hydroxylation sites is 1. The summed E-state index contributed by atoms with van der Waals surface area (Å²) < 4.78 is 1.83. The molecule has 6 heteroatoms. The highest BCUT2D eigenvalue weighted by atomic mass is 35.5. The lowest BCUT2D eigenvalue weighted by atomic mass is 10.0. The van der Waals surface area contributed by atoms with Gasteiger partial charge in [0.25, 0.3) is 0 Å². The lowest BCUT2D eigenvalue weighted by Crippen LogP contribution is -2.06. The first kappa shape index (κ1) is 14.3. The zero-order valence-electron chi connectivity index (χ0n) is 12.0. The van der Waals surface area contributed by atoms with Gasteiger partial charge in [0.2, 0.25) is 0 Å². The van der Waals surface area contributed by atoms with E-state index in [-0.39, 0.29) is 0 Å². The molecule has 0 radical (unpaired) electrons. The molecule has 112 valence electrons. The number of nitrogen functional groups attached to an aromatic ring is 1. The molecule has 0 spiro atoms. The van der Waals surface area contributed by atoms with Gasteiger partial charge in [-0.2, -0.15) is 0 Å². The van der Waals surface area contributed by atoms with Crippen LogP contribution in [0, 0.1) is 5.92 Å². The summed E-state index contributed by atoms with van der Waals surface area (Å²) in [5.74, 6) is 1.59. The summed E-state index contributed by atoms with van der Waals surface area (Å²) in [5.41, 5.74) is 7.36.